The lowest BCUT2D eigenvalue weighted by Gasteiger charge is -2.09. The maximum Gasteiger partial charge on any atom is 0.154 e. The zero-order valence-corrected chi connectivity index (χ0v) is 9.89. The van der Waals surface area contributed by atoms with Crippen LogP contribution in [0.4, 0.5) is 0 Å². The molecular weight excluding hydrogens is 252 g/mol. The summed E-state index contributed by atoms with van der Waals surface area (Å²) in [5.74, 6) is 0. The Bertz CT molecular complexity index is 398. The molecule has 0 amide bonds. The van der Waals surface area contributed by atoms with E-state index in [9.17, 15) is 8.42 Å². The number of halogens is 1. The SMILES string of the molecule is CC(c1cccc(Br)c1)S(C)(=O)=O. The van der Waals surface area contributed by atoms with E-state index in [-0.39, 0.29) is 0 Å². The summed E-state index contributed by atoms with van der Waals surface area (Å²) in [6, 6.07) is 7.35. The van der Waals surface area contributed by atoms with Gasteiger partial charge in [-0.2, -0.15) is 0 Å². The van der Waals surface area contributed by atoms with E-state index < -0.39 is 15.1 Å². The molecule has 1 rings (SSSR count). The summed E-state index contributed by atoms with van der Waals surface area (Å²) in [6.45, 7) is 1.69. The second-order valence-corrected chi connectivity index (χ2v) is 6.31. The molecule has 0 heterocycles. The Morgan fingerprint density at radius 2 is 2.00 bits per heavy atom. The monoisotopic (exact) mass is 262 g/mol. The minimum Gasteiger partial charge on any atom is -0.229 e. The van der Waals surface area contributed by atoms with Gasteiger partial charge < -0.3 is 0 Å². The van der Waals surface area contributed by atoms with Crippen LogP contribution in [0.25, 0.3) is 0 Å². The zero-order chi connectivity index (χ0) is 10.1. The molecular formula is C9H11BrO2S. The lowest BCUT2D eigenvalue weighted by atomic mass is 10.2. The van der Waals surface area contributed by atoms with Crippen LogP contribution in [0, 0.1) is 0 Å². The number of benzene rings is 1. The Morgan fingerprint density at radius 3 is 2.46 bits per heavy atom. The quantitative estimate of drug-likeness (QED) is 0.821. The van der Waals surface area contributed by atoms with Crippen molar-refractivity contribution in [2.75, 3.05) is 6.26 Å². The van der Waals surface area contributed by atoms with Crippen molar-refractivity contribution in [3.8, 4) is 0 Å². The fraction of sp³-hybridized carbons (Fsp3) is 0.333. The smallest absolute Gasteiger partial charge is 0.154 e. The van der Waals surface area contributed by atoms with Crippen molar-refractivity contribution in [2.24, 2.45) is 0 Å². The molecule has 0 aliphatic rings. The third kappa shape index (κ3) is 2.81. The van der Waals surface area contributed by atoms with Gasteiger partial charge in [0, 0.05) is 10.7 Å². The molecule has 2 nitrogen and oxygen atoms in total. The fourth-order valence-corrected chi connectivity index (χ4v) is 2.06. The number of hydrogen-bond donors (Lipinski definition) is 0. The summed E-state index contributed by atoms with van der Waals surface area (Å²) in [4.78, 5) is 0. The van der Waals surface area contributed by atoms with Crippen LogP contribution in [0.1, 0.15) is 17.7 Å². The largest absolute Gasteiger partial charge is 0.229 e. The van der Waals surface area contributed by atoms with Gasteiger partial charge in [0.25, 0.3) is 0 Å². The Kier molecular flexibility index (Phi) is 3.14. The van der Waals surface area contributed by atoms with Crippen LogP contribution >= 0.6 is 15.9 Å². The summed E-state index contributed by atoms with van der Waals surface area (Å²) in [7, 11) is -2.99. The lowest BCUT2D eigenvalue weighted by molar-refractivity contribution is 0.592. The Balaban J connectivity index is 3.10. The highest BCUT2D eigenvalue weighted by Gasteiger charge is 2.16. The molecule has 0 aromatic heterocycles. The van der Waals surface area contributed by atoms with Crippen molar-refractivity contribution < 1.29 is 8.42 Å². The summed E-state index contributed by atoms with van der Waals surface area (Å²) in [5, 5.41) is -0.440. The van der Waals surface area contributed by atoms with E-state index >= 15 is 0 Å². The molecule has 0 bridgehead atoms. The van der Waals surface area contributed by atoms with Gasteiger partial charge in [0.05, 0.1) is 5.25 Å². The molecule has 0 saturated carbocycles. The first-order valence-corrected chi connectivity index (χ1v) is 6.60. The molecule has 13 heavy (non-hydrogen) atoms. The molecule has 0 fully saturated rings. The van der Waals surface area contributed by atoms with Gasteiger partial charge in [-0.05, 0) is 24.6 Å². The molecule has 0 saturated heterocycles. The number of rotatable bonds is 2. The van der Waals surface area contributed by atoms with Gasteiger partial charge in [0.1, 0.15) is 0 Å². The number of sulfone groups is 1. The number of hydrogen-bond acceptors (Lipinski definition) is 2. The average Bonchev–Trinajstić information content (AvgIpc) is 2.01. The summed E-state index contributed by atoms with van der Waals surface area (Å²) in [6.07, 6.45) is 1.25. The van der Waals surface area contributed by atoms with Gasteiger partial charge in [0.2, 0.25) is 0 Å². The zero-order valence-electron chi connectivity index (χ0n) is 7.49. The minimum absolute atomic E-state index is 0.440. The van der Waals surface area contributed by atoms with Crippen LogP contribution in [-0.4, -0.2) is 14.7 Å². The predicted octanol–water partition coefficient (Wildman–Crippen LogP) is 2.55. The average molecular weight is 263 g/mol. The molecule has 0 N–H and O–H groups in total. The predicted molar refractivity (Wildman–Crippen MR) is 57.4 cm³/mol. The molecule has 1 unspecified atom stereocenters. The molecule has 0 radical (unpaired) electrons. The van der Waals surface area contributed by atoms with Gasteiger partial charge in [-0.15, -0.1) is 0 Å². The van der Waals surface area contributed by atoms with Crippen molar-refractivity contribution >= 4 is 25.8 Å². The topological polar surface area (TPSA) is 34.1 Å². The fourth-order valence-electron chi connectivity index (χ4n) is 1.01. The highest BCUT2D eigenvalue weighted by molar-refractivity contribution is 9.10. The van der Waals surface area contributed by atoms with Crippen molar-refractivity contribution in [1.29, 1.82) is 0 Å². The summed E-state index contributed by atoms with van der Waals surface area (Å²) < 4.78 is 23.4. The normalized spacial score (nSPS) is 14.1. The van der Waals surface area contributed by atoms with Gasteiger partial charge in [-0.1, -0.05) is 28.1 Å². The minimum atomic E-state index is -2.99. The highest BCUT2D eigenvalue weighted by atomic mass is 79.9. The molecule has 0 spiro atoms. The molecule has 1 aromatic carbocycles. The van der Waals surface area contributed by atoms with Crippen LogP contribution in [0.15, 0.2) is 28.7 Å². The maximum atomic E-state index is 11.2. The van der Waals surface area contributed by atoms with Gasteiger partial charge in [-0.3, -0.25) is 0 Å². The van der Waals surface area contributed by atoms with Crippen LogP contribution in [0.3, 0.4) is 0 Å². The van der Waals surface area contributed by atoms with Crippen molar-refractivity contribution in [1.82, 2.24) is 0 Å². The van der Waals surface area contributed by atoms with E-state index in [1.54, 1.807) is 6.92 Å². The second-order valence-electron chi connectivity index (χ2n) is 3.03. The maximum absolute atomic E-state index is 11.2. The van der Waals surface area contributed by atoms with E-state index in [0.717, 1.165) is 10.0 Å². The van der Waals surface area contributed by atoms with E-state index in [4.69, 9.17) is 0 Å². The first kappa shape index (κ1) is 10.7. The molecule has 72 valence electrons. The Morgan fingerprint density at radius 1 is 1.38 bits per heavy atom. The molecule has 0 aliphatic carbocycles. The first-order valence-electron chi connectivity index (χ1n) is 3.85. The summed E-state index contributed by atoms with van der Waals surface area (Å²) >= 11 is 3.30. The first-order chi connectivity index (χ1) is 5.91. The van der Waals surface area contributed by atoms with Gasteiger partial charge in [-0.25, -0.2) is 8.42 Å². The van der Waals surface area contributed by atoms with Crippen LogP contribution in [-0.2, 0) is 9.84 Å². The second kappa shape index (κ2) is 3.80. The molecule has 0 aliphatic heterocycles. The molecule has 1 atom stereocenters. The summed E-state index contributed by atoms with van der Waals surface area (Å²) in [5.41, 5.74) is 0.817. The van der Waals surface area contributed by atoms with E-state index in [0.29, 0.717) is 0 Å². The molecule has 1 aromatic rings. The van der Waals surface area contributed by atoms with Crippen molar-refractivity contribution in [3.63, 3.8) is 0 Å². The molecule has 4 heteroatoms. The Labute approximate surface area is 87.0 Å². The standard InChI is InChI=1S/C9H11BrO2S/c1-7(13(2,11)12)8-4-3-5-9(10)6-8/h3-7H,1-2H3. The van der Waals surface area contributed by atoms with Crippen molar-refractivity contribution in [3.05, 3.63) is 34.3 Å². The van der Waals surface area contributed by atoms with Gasteiger partial charge >= 0.3 is 0 Å². The van der Waals surface area contributed by atoms with E-state index in [2.05, 4.69) is 15.9 Å². The third-order valence-corrected chi connectivity index (χ3v) is 4.01. The van der Waals surface area contributed by atoms with Crippen molar-refractivity contribution in [2.45, 2.75) is 12.2 Å². The van der Waals surface area contributed by atoms with E-state index in [1.165, 1.54) is 6.26 Å². The van der Waals surface area contributed by atoms with Crippen LogP contribution < -0.4 is 0 Å². The van der Waals surface area contributed by atoms with E-state index in [1.807, 2.05) is 24.3 Å². The lowest BCUT2D eigenvalue weighted by Crippen LogP contribution is -2.07. The van der Waals surface area contributed by atoms with Gasteiger partial charge in [0.15, 0.2) is 9.84 Å². The Hall–Kier alpha value is -0.350. The highest BCUT2D eigenvalue weighted by Crippen LogP contribution is 2.23. The third-order valence-electron chi connectivity index (χ3n) is 1.96. The van der Waals surface area contributed by atoms with Crippen LogP contribution in [0.5, 0.6) is 0 Å². The van der Waals surface area contributed by atoms with Crippen LogP contribution in [0.2, 0.25) is 0 Å².